The summed E-state index contributed by atoms with van der Waals surface area (Å²) < 4.78 is 0. The molecule has 1 aromatic heterocycles. The highest BCUT2D eigenvalue weighted by Gasteiger charge is 2.23. The standard InChI is InChI=1S/C16H24N2OS2/c1-2-18(10-13-5-3-4-7-17-13)16(19)15-9-12-11-20-8-6-14(12)21-15/h9,13,17H,2-8,10-11H2,1H3. The maximum Gasteiger partial charge on any atom is 0.263 e. The van der Waals surface area contributed by atoms with Crippen molar-refractivity contribution in [3.8, 4) is 0 Å². The van der Waals surface area contributed by atoms with Crippen molar-refractivity contribution >= 4 is 29.0 Å². The quantitative estimate of drug-likeness (QED) is 0.923. The highest BCUT2D eigenvalue weighted by Crippen LogP contribution is 2.32. The highest BCUT2D eigenvalue weighted by atomic mass is 32.2. The van der Waals surface area contributed by atoms with Gasteiger partial charge in [0.1, 0.15) is 0 Å². The Kier molecular flexibility index (Phi) is 5.24. The average molecular weight is 325 g/mol. The van der Waals surface area contributed by atoms with Gasteiger partial charge in [0.15, 0.2) is 0 Å². The third-order valence-corrected chi connectivity index (χ3v) is 6.59. The normalized spacial score (nSPS) is 21.9. The van der Waals surface area contributed by atoms with E-state index in [0.717, 1.165) is 36.7 Å². The molecule has 3 nitrogen and oxygen atoms in total. The molecule has 1 fully saturated rings. The topological polar surface area (TPSA) is 32.3 Å². The summed E-state index contributed by atoms with van der Waals surface area (Å²) in [5.74, 6) is 2.51. The number of rotatable bonds is 4. The molecule has 0 aromatic carbocycles. The monoisotopic (exact) mass is 324 g/mol. The maximum atomic E-state index is 12.8. The van der Waals surface area contributed by atoms with Gasteiger partial charge < -0.3 is 10.2 Å². The second kappa shape index (κ2) is 7.16. The molecule has 1 atom stereocenters. The number of nitrogens with one attached hydrogen (secondary N) is 1. The van der Waals surface area contributed by atoms with Crippen molar-refractivity contribution < 1.29 is 4.79 Å². The summed E-state index contributed by atoms with van der Waals surface area (Å²) >= 11 is 3.70. The van der Waals surface area contributed by atoms with Crippen molar-refractivity contribution in [2.24, 2.45) is 0 Å². The molecule has 3 rings (SSSR count). The predicted octanol–water partition coefficient (Wildman–Crippen LogP) is 3.14. The number of nitrogens with zero attached hydrogens (tertiary/aromatic N) is 1. The number of thioether (sulfide) groups is 1. The Labute approximate surface area is 135 Å². The van der Waals surface area contributed by atoms with Gasteiger partial charge in [-0.15, -0.1) is 11.3 Å². The molecule has 0 radical (unpaired) electrons. The summed E-state index contributed by atoms with van der Waals surface area (Å²) in [6.45, 7) is 4.84. The van der Waals surface area contributed by atoms with E-state index in [1.807, 2.05) is 16.7 Å². The number of piperidine rings is 1. The Bertz CT molecular complexity index is 471. The van der Waals surface area contributed by atoms with Gasteiger partial charge in [0.2, 0.25) is 0 Å². The Balaban J connectivity index is 1.67. The summed E-state index contributed by atoms with van der Waals surface area (Å²) in [4.78, 5) is 17.2. The largest absolute Gasteiger partial charge is 0.337 e. The fourth-order valence-electron chi connectivity index (χ4n) is 3.11. The lowest BCUT2D eigenvalue weighted by molar-refractivity contribution is 0.0746. The van der Waals surface area contributed by atoms with Gasteiger partial charge in [-0.2, -0.15) is 11.8 Å². The third kappa shape index (κ3) is 3.63. The minimum absolute atomic E-state index is 0.231. The fraction of sp³-hybridized carbons (Fsp3) is 0.688. The van der Waals surface area contributed by atoms with E-state index in [1.165, 1.54) is 35.5 Å². The Morgan fingerprint density at radius 2 is 2.38 bits per heavy atom. The highest BCUT2D eigenvalue weighted by molar-refractivity contribution is 7.98. The fourth-order valence-corrected chi connectivity index (χ4v) is 5.45. The molecule has 0 saturated carbocycles. The molecule has 5 heteroatoms. The van der Waals surface area contributed by atoms with Crippen LogP contribution in [0.2, 0.25) is 0 Å². The lowest BCUT2D eigenvalue weighted by atomic mass is 10.0. The lowest BCUT2D eigenvalue weighted by Crippen LogP contribution is -2.45. The number of carbonyl (C=O) groups is 1. The van der Waals surface area contributed by atoms with Crippen LogP contribution >= 0.6 is 23.1 Å². The zero-order valence-corrected chi connectivity index (χ0v) is 14.3. The minimum Gasteiger partial charge on any atom is -0.337 e. The Morgan fingerprint density at radius 3 is 3.10 bits per heavy atom. The number of aryl methyl sites for hydroxylation is 1. The van der Waals surface area contributed by atoms with Crippen molar-refractivity contribution in [1.82, 2.24) is 10.2 Å². The van der Waals surface area contributed by atoms with E-state index in [0.29, 0.717) is 6.04 Å². The van der Waals surface area contributed by atoms with Crippen LogP contribution in [-0.4, -0.2) is 42.2 Å². The van der Waals surface area contributed by atoms with E-state index >= 15 is 0 Å². The van der Waals surface area contributed by atoms with Gasteiger partial charge in [-0.05, 0) is 50.1 Å². The third-order valence-electron chi connectivity index (χ3n) is 4.36. The van der Waals surface area contributed by atoms with Crippen LogP contribution in [0.15, 0.2) is 6.07 Å². The number of thiophene rings is 1. The first kappa shape index (κ1) is 15.4. The van der Waals surface area contributed by atoms with E-state index in [-0.39, 0.29) is 5.91 Å². The number of hydrogen-bond acceptors (Lipinski definition) is 4. The minimum atomic E-state index is 0.231. The molecule has 1 saturated heterocycles. The van der Waals surface area contributed by atoms with Gasteiger partial charge in [-0.1, -0.05) is 6.42 Å². The van der Waals surface area contributed by atoms with Crippen LogP contribution < -0.4 is 5.32 Å². The van der Waals surface area contributed by atoms with Crippen molar-refractivity contribution in [2.45, 2.75) is 44.4 Å². The van der Waals surface area contributed by atoms with Crippen LogP contribution in [-0.2, 0) is 12.2 Å². The Morgan fingerprint density at radius 1 is 1.48 bits per heavy atom. The zero-order valence-electron chi connectivity index (χ0n) is 12.7. The molecule has 21 heavy (non-hydrogen) atoms. The summed E-state index contributed by atoms with van der Waals surface area (Å²) in [6, 6.07) is 2.62. The molecule has 0 bridgehead atoms. The molecule has 1 amide bonds. The molecule has 2 aliphatic heterocycles. The van der Waals surface area contributed by atoms with Crippen molar-refractivity contribution in [1.29, 1.82) is 0 Å². The average Bonchev–Trinajstić information content (AvgIpc) is 2.97. The summed E-state index contributed by atoms with van der Waals surface area (Å²) in [5, 5.41) is 3.55. The molecule has 116 valence electrons. The molecule has 1 aromatic rings. The predicted molar refractivity (Wildman–Crippen MR) is 91.4 cm³/mol. The van der Waals surface area contributed by atoms with E-state index < -0.39 is 0 Å². The molecule has 2 aliphatic rings. The maximum absolute atomic E-state index is 12.8. The second-order valence-corrected chi connectivity index (χ2v) is 8.09. The van der Waals surface area contributed by atoms with E-state index in [4.69, 9.17) is 0 Å². The van der Waals surface area contributed by atoms with Gasteiger partial charge in [-0.3, -0.25) is 4.79 Å². The van der Waals surface area contributed by atoms with Gasteiger partial charge in [0.05, 0.1) is 4.88 Å². The van der Waals surface area contributed by atoms with Gasteiger partial charge in [-0.25, -0.2) is 0 Å². The van der Waals surface area contributed by atoms with E-state index in [2.05, 4.69) is 18.3 Å². The summed E-state index contributed by atoms with van der Waals surface area (Å²) in [5.41, 5.74) is 1.39. The number of amides is 1. The molecule has 1 unspecified atom stereocenters. The summed E-state index contributed by atoms with van der Waals surface area (Å²) in [6.07, 6.45) is 4.88. The van der Waals surface area contributed by atoms with Crippen molar-refractivity contribution in [3.63, 3.8) is 0 Å². The first-order chi connectivity index (χ1) is 10.3. The number of fused-ring (bicyclic) bond motifs is 1. The van der Waals surface area contributed by atoms with Gasteiger partial charge in [0.25, 0.3) is 5.91 Å². The van der Waals surface area contributed by atoms with Crippen LogP contribution in [0.4, 0.5) is 0 Å². The van der Waals surface area contributed by atoms with Crippen LogP contribution in [0, 0.1) is 0 Å². The van der Waals surface area contributed by atoms with Gasteiger partial charge >= 0.3 is 0 Å². The molecule has 0 spiro atoms. The summed E-state index contributed by atoms with van der Waals surface area (Å²) in [7, 11) is 0. The first-order valence-electron chi connectivity index (χ1n) is 8.00. The van der Waals surface area contributed by atoms with Crippen LogP contribution in [0.5, 0.6) is 0 Å². The van der Waals surface area contributed by atoms with Crippen LogP contribution in [0.1, 0.15) is 46.3 Å². The zero-order chi connectivity index (χ0) is 14.7. The first-order valence-corrected chi connectivity index (χ1v) is 9.97. The molecular formula is C16H24N2OS2. The number of likely N-dealkylation sites (N-methyl/N-ethyl adjacent to an activating group) is 1. The van der Waals surface area contributed by atoms with Crippen molar-refractivity contribution in [2.75, 3.05) is 25.4 Å². The Hall–Kier alpha value is -0.520. The smallest absolute Gasteiger partial charge is 0.263 e. The van der Waals surface area contributed by atoms with Crippen molar-refractivity contribution in [3.05, 3.63) is 21.4 Å². The number of carbonyl (C=O) groups excluding carboxylic acids is 1. The van der Waals surface area contributed by atoms with Crippen LogP contribution in [0.25, 0.3) is 0 Å². The second-order valence-electron chi connectivity index (χ2n) is 5.85. The van der Waals surface area contributed by atoms with Crippen LogP contribution in [0.3, 0.4) is 0 Å². The van der Waals surface area contributed by atoms with Gasteiger partial charge in [0, 0.05) is 29.8 Å². The molecule has 1 N–H and O–H groups in total. The lowest BCUT2D eigenvalue weighted by Gasteiger charge is -2.29. The van der Waals surface area contributed by atoms with E-state index in [1.54, 1.807) is 11.3 Å². The SMILES string of the molecule is CCN(CC1CCCCN1)C(=O)c1cc2c(s1)CCSC2. The molecule has 0 aliphatic carbocycles. The number of hydrogen-bond donors (Lipinski definition) is 1. The van der Waals surface area contributed by atoms with E-state index in [9.17, 15) is 4.79 Å². The molecule has 3 heterocycles. The molecular weight excluding hydrogens is 300 g/mol.